The van der Waals surface area contributed by atoms with Crippen molar-refractivity contribution < 1.29 is 0 Å². The highest BCUT2D eigenvalue weighted by atomic mass is 15.2. The molecular weight excluding hydrogens is 350 g/mol. The number of guanidine groups is 1. The molecule has 1 aromatic carbocycles. The number of aromatic amines is 1. The molecule has 2 heterocycles. The molecule has 3 rings (SSSR count). The van der Waals surface area contributed by atoms with Gasteiger partial charge in [0.05, 0.1) is 18.8 Å². The maximum Gasteiger partial charge on any atom is 0.191 e. The van der Waals surface area contributed by atoms with E-state index in [9.17, 15) is 0 Å². The number of benzene rings is 1. The van der Waals surface area contributed by atoms with E-state index < -0.39 is 0 Å². The molecule has 0 radical (unpaired) electrons. The Balaban J connectivity index is 1.61. The van der Waals surface area contributed by atoms with Gasteiger partial charge in [-0.15, -0.1) is 0 Å². The van der Waals surface area contributed by atoms with Crippen LogP contribution in [0.2, 0.25) is 0 Å². The van der Waals surface area contributed by atoms with Crippen molar-refractivity contribution in [2.24, 2.45) is 12.0 Å². The number of nitrogens with zero attached hydrogens (tertiary/aromatic N) is 4. The van der Waals surface area contributed by atoms with Gasteiger partial charge in [-0.3, -0.25) is 9.67 Å². The molecule has 1 atom stereocenters. The summed E-state index contributed by atoms with van der Waals surface area (Å²) in [5.74, 6) is 0.845. The van der Waals surface area contributed by atoms with Crippen molar-refractivity contribution in [1.29, 1.82) is 0 Å². The fourth-order valence-corrected chi connectivity index (χ4v) is 3.35. The highest BCUT2D eigenvalue weighted by molar-refractivity contribution is 5.83. The molecule has 7 heteroatoms. The van der Waals surface area contributed by atoms with Crippen LogP contribution in [-0.4, -0.2) is 59.4 Å². The highest BCUT2D eigenvalue weighted by Gasteiger charge is 2.15. The van der Waals surface area contributed by atoms with Gasteiger partial charge in [0.2, 0.25) is 0 Å². The summed E-state index contributed by atoms with van der Waals surface area (Å²) in [7, 11) is 6.09. The zero-order chi connectivity index (χ0) is 19.9. The number of hydrogen-bond donors (Lipinski definition) is 3. The summed E-state index contributed by atoms with van der Waals surface area (Å²) >= 11 is 0. The quantitative estimate of drug-likeness (QED) is 0.414. The molecule has 1 unspecified atom stereocenters. The first-order valence-electron chi connectivity index (χ1n) is 9.80. The summed E-state index contributed by atoms with van der Waals surface area (Å²) in [6.45, 7) is 4.41. The van der Waals surface area contributed by atoms with Crippen molar-refractivity contribution in [1.82, 2.24) is 30.3 Å². The second-order valence-electron chi connectivity index (χ2n) is 7.18. The summed E-state index contributed by atoms with van der Waals surface area (Å²) < 4.78 is 1.83. The number of aliphatic imine (C=N–C) groups is 1. The first-order valence-corrected chi connectivity index (χ1v) is 9.80. The summed E-state index contributed by atoms with van der Waals surface area (Å²) in [5.41, 5.74) is 3.68. The third kappa shape index (κ3) is 4.92. The largest absolute Gasteiger partial charge is 0.361 e. The zero-order valence-electron chi connectivity index (χ0n) is 17.2. The number of rotatable bonds is 8. The van der Waals surface area contributed by atoms with E-state index in [1.54, 1.807) is 0 Å². The molecule has 7 nitrogen and oxygen atoms in total. The smallest absolute Gasteiger partial charge is 0.191 e. The molecule has 0 fully saturated rings. The van der Waals surface area contributed by atoms with Gasteiger partial charge >= 0.3 is 0 Å². The van der Waals surface area contributed by atoms with Crippen LogP contribution in [0, 0.1) is 0 Å². The predicted octanol–water partition coefficient (Wildman–Crippen LogP) is 2.30. The van der Waals surface area contributed by atoms with Crippen LogP contribution in [0.25, 0.3) is 10.9 Å². The fourth-order valence-electron chi connectivity index (χ4n) is 3.35. The van der Waals surface area contributed by atoms with E-state index in [-0.39, 0.29) is 6.04 Å². The lowest BCUT2D eigenvalue weighted by Crippen LogP contribution is -2.39. The first-order chi connectivity index (χ1) is 13.6. The summed E-state index contributed by atoms with van der Waals surface area (Å²) in [5, 5.41) is 12.4. The SMILES string of the molecule is CCNC(=NCC(c1cnn(C)c1)N(C)C)NCCc1c[nH]c2ccccc12. The van der Waals surface area contributed by atoms with Crippen molar-refractivity contribution >= 4 is 16.9 Å². The monoisotopic (exact) mass is 381 g/mol. The number of aromatic nitrogens is 3. The van der Waals surface area contributed by atoms with Crippen LogP contribution >= 0.6 is 0 Å². The van der Waals surface area contributed by atoms with E-state index in [1.165, 1.54) is 22.0 Å². The van der Waals surface area contributed by atoms with Crippen molar-refractivity contribution in [3.63, 3.8) is 0 Å². The number of H-pyrrole nitrogens is 1. The molecular formula is C21H31N7. The van der Waals surface area contributed by atoms with Gasteiger partial charge in [0.25, 0.3) is 0 Å². The molecule has 28 heavy (non-hydrogen) atoms. The third-order valence-corrected chi connectivity index (χ3v) is 4.86. The average molecular weight is 382 g/mol. The molecule has 0 saturated heterocycles. The van der Waals surface area contributed by atoms with Crippen molar-refractivity contribution in [3.05, 3.63) is 54.0 Å². The Bertz CT molecular complexity index is 906. The van der Waals surface area contributed by atoms with Crippen LogP contribution in [0.1, 0.15) is 24.1 Å². The minimum atomic E-state index is 0.192. The number of nitrogens with one attached hydrogen (secondary N) is 3. The van der Waals surface area contributed by atoms with E-state index >= 15 is 0 Å². The van der Waals surface area contributed by atoms with Crippen LogP contribution in [0.15, 0.2) is 47.8 Å². The molecule has 0 bridgehead atoms. The van der Waals surface area contributed by atoms with E-state index in [0.717, 1.165) is 25.5 Å². The normalized spacial score (nSPS) is 13.2. The van der Waals surface area contributed by atoms with Gasteiger partial charge in [-0.25, -0.2) is 0 Å². The predicted molar refractivity (Wildman–Crippen MR) is 116 cm³/mol. The number of fused-ring (bicyclic) bond motifs is 1. The molecule has 3 aromatic rings. The maximum absolute atomic E-state index is 4.81. The van der Waals surface area contributed by atoms with Gasteiger partial charge in [-0.1, -0.05) is 18.2 Å². The summed E-state index contributed by atoms with van der Waals surface area (Å²) in [4.78, 5) is 10.3. The second-order valence-corrected chi connectivity index (χ2v) is 7.18. The standard InChI is InChI=1S/C21H31N7/c1-5-22-21(25-14-20(27(2)3)17-13-26-28(4)15-17)23-11-10-16-12-24-19-9-7-6-8-18(16)19/h6-9,12-13,15,20,24H,5,10-11,14H2,1-4H3,(H2,22,23,25). The lowest BCUT2D eigenvalue weighted by molar-refractivity contribution is 0.306. The molecule has 3 N–H and O–H groups in total. The van der Waals surface area contributed by atoms with Gasteiger partial charge in [0, 0.05) is 49.0 Å². The highest BCUT2D eigenvalue weighted by Crippen LogP contribution is 2.18. The van der Waals surface area contributed by atoms with E-state index in [4.69, 9.17) is 4.99 Å². The van der Waals surface area contributed by atoms with Crippen LogP contribution in [0.5, 0.6) is 0 Å². The summed E-state index contributed by atoms with van der Waals surface area (Å²) in [6.07, 6.45) is 7.00. The molecule has 0 aliphatic carbocycles. The number of para-hydroxylation sites is 1. The first kappa shape index (κ1) is 19.9. The molecule has 2 aromatic heterocycles. The van der Waals surface area contributed by atoms with Crippen molar-refractivity contribution in [3.8, 4) is 0 Å². The molecule has 0 amide bonds. The van der Waals surface area contributed by atoms with Crippen LogP contribution in [0.3, 0.4) is 0 Å². The van der Waals surface area contributed by atoms with E-state index in [2.05, 4.69) is 83.3 Å². The lowest BCUT2D eigenvalue weighted by atomic mass is 10.1. The van der Waals surface area contributed by atoms with Gasteiger partial charge in [-0.2, -0.15) is 5.10 Å². The lowest BCUT2D eigenvalue weighted by Gasteiger charge is -2.22. The minimum Gasteiger partial charge on any atom is -0.361 e. The average Bonchev–Trinajstić information content (AvgIpc) is 3.28. The van der Waals surface area contributed by atoms with Crippen LogP contribution < -0.4 is 10.6 Å². The number of likely N-dealkylation sites (N-methyl/N-ethyl adjacent to an activating group) is 1. The van der Waals surface area contributed by atoms with Gasteiger partial charge in [-0.05, 0) is 39.1 Å². The zero-order valence-corrected chi connectivity index (χ0v) is 17.2. The van der Waals surface area contributed by atoms with E-state index in [0.29, 0.717) is 6.54 Å². The van der Waals surface area contributed by atoms with E-state index in [1.807, 2.05) is 17.9 Å². The van der Waals surface area contributed by atoms with Crippen molar-refractivity contribution in [2.45, 2.75) is 19.4 Å². The fraction of sp³-hybridized carbons (Fsp3) is 0.429. The number of hydrogen-bond acceptors (Lipinski definition) is 3. The molecule has 0 aliphatic rings. The van der Waals surface area contributed by atoms with Gasteiger partial charge < -0.3 is 20.5 Å². The Morgan fingerprint density at radius 3 is 2.82 bits per heavy atom. The van der Waals surface area contributed by atoms with Crippen LogP contribution in [-0.2, 0) is 13.5 Å². The van der Waals surface area contributed by atoms with Gasteiger partial charge in [0.15, 0.2) is 5.96 Å². The Labute approximate surface area is 166 Å². The summed E-state index contributed by atoms with van der Waals surface area (Å²) in [6, 6.07) is 8.60. The molecule has 0 spiro atoms. The topological polar surface area (TPSA) is 73.3 Å². The Kier molecular flexibility index (Phi) is 6.71. The number of aryl methyl sites for hydroxylation is 1. The molecule has 0 aliphatic heterocycles. The second kappa shape index (κ2) is 9.41. The molecule has 150 valence electrons. The van der Waals surface area contributed by atoms with Crippen molar-refractivity contribution in [2.75, 3.05) is 33.7 Å². The van der Waals surface area contributed by atoms with Crippen LogP contribution in [0.4, 0.5) is 0 Å². The Hall–Kier alpha value is -2.80. The Morgan fingerprint density at radius 2 is 2.11 bits per heavy atom. The maximum atomic E-state index is 4.81. The Morgan fingerprint density at radius 1 is 1.29 bits per heavy atom. The molecule has 0 saturated carbocycles. The minimum absolute atomic E-state index is 0.192. The third-order valence-electron chi connectivity index (χ3n) is 4.86. The van der Waals surface area contributed by atoms with Gasteiger partial charge in [0.1, 0.15) is 0 Å².